The summed E-state index contributed by atoms with van der Waals surface area (Å²) in [5, 5.41) is 6.83. The number of benzene rings is 2. The molecule has 0 atom stereocenters. The van der Waals surface area contributed by atoms with E-state index in [0.717, 1.165) is 56.7 Å². The smallest absolute Gasteiger partial charge is 0.191 e. The molecule has 0 amide bonds. The first-order valence-corrected chi connectivity index (χ1v) is 11.1. The van der Waals surface area contributed by atoms with Crippen LogP contribution < -0.4 is 15.4 Å². The highest BCUT2D eigenvalue weighted by atomic mass is 16.5. The quantitative estimate of drug-likeness (QED) is 0.502. The summed E-state index contributed by atoms with van der Waals surface area (Å²) in [4.78, 5) is 6.81. The van der Waals surface area contributed by atoms with Crippen LogP contribution in [0.25, 0.3) is 0 Å². The molecule has 0 saturated carbocycles. The predicted molar refractivity (Wildman–Crippen MR) is 127 cm³/mol. The van der Waals surface area contributed by atoms with Crippen LogP contribution in [0.4, 0.5) is 0 Å². The highest BCUT2D eigenvalue weighted by molar-refractivity contribution is 5.79. The van der Waals surface area contributed by atoms with Crippen molar-refractivity contribution in [2.24, 2.45) is 4.99 Å². The molecule has 0 spiro atoms. The number of nitrogens with one attached hydrogen (secondary N) is 2. The molecule has 6 nitrogen and oxygen atoms in total. The first kappa shape index (κ1) is 23.1. The lowest BCUT2D eigenvalue weighted by Crippen LogP contribution is -2.36. The van der Waals surface area contributed by atoms with Gasteiger partial charge in [-0.25, -0.2) is 0 Å². The van der Waals surface area contributed by atoms with E-state index in [1.807, 2.05) is 13.8 Å². The van der Waals surface area contributed by atoms with Gasteiger partial charge in [0.2, 0.25) is 0 Å². The fraction of sp³-hybridized carbons (Fsp3) is 0.480. The summed E-state index contributed by atoms with van der Waals surface area (Å²) in [7, 11) is 1.80. The summed E-state index contributed by atoms with van der Waals surface area (Å²) in [6, 6.07) is 15.1. The Morgan fingerprint density at radius 2 is 1.81 bits per heavy atom. The van der Waals surface area contributed by atoms with Crippen molar-refractivity contribution in [2.45, 2.75) is 46.5 Å². The van der Waals surface area contributed by atoms with Crippen LogP contribution in [0.15, 0.2) is 47.5 Å². The van der Waals surface area contributed by atoms with Crippen LogP contribution in [0.5, 0.6) is 5.75 Å². The largest absolute Gasteiger partial charge is 0.491 e. The van der Waals surface area contributed by atoms with Crippen LogP contribution in [0.3, 0.4) is 0 Å². The molecule has 1 aliphatic rings. The van der Waals surface area contributed by atoms with Crippen LogP contribution in [-0.4, -0.2) is 50.3 Å². The Morgan fingerprint density at radius 3 is 2.55 bits per heavy atom. The molecule has 31 heavy (non-hydrogen) atoms. The molecule has 0 bridgehead atoms. The molecule has 1 fully saturated rings. The Balaban J connectivity index is 1.53. The third-order valence-corrected chi connectivity index (χ3v) is 5.22. The first-order chi connectivity index (χ1) is 15.0. The Kier molecular flexibility index (Phi) is 8.74. The van der Waals surface area contributed by atoms with Gasteiger partial charge in [0, 0.05) is 45.3 Å². The molecule has 0 aromatic heterocycles. The first-order valence-electron chi connectivity index (χ1n) is 11.1. The number of hydrogen-bond acceptors (Lipinski definition) is 4. The average molecular weight is 425 g/mol. The van der Waals surface area contributed by atoms with Gasteiger partial charge >= 0.3 is 0 Å². The topological polar surface area (TPSA) is 58.1 Å². The van der Waals surface area contributed by atoms with E-state index in [0.29, 0.717) is 6.54 Å². The fourth-order valence-electron chi connectivity index (χ4n) is 3.61. The number of nitrogens with zero attached hydrogens (tertiary/aromatic N) is 2. The van der Waals surface area contributed by atoms with Crippen molar-refractivity contribution >= 4 is 5.96 Å². The van der Waals surface area contributed by atoms with Crippen molar-refractivity contribution in [1.82, 2.24) is 15.5 Å². The number of guanidine groups is 1. The van der Waals surface area contributed by atoms with Gasteiger partial charge in [-0.2, -0.15) is 0 Å². The minimum atomic E-state index is 0.141. The van der Waals surface area contributed by atoms with Gasteiger partial charge in [0.05, 0.1) is 19.3 Å². The highest BCUT2D eigenvalue weighted by Crippen LogP contribution is 2.21. The standard InChI is InChI=1S/C25H36N4O2/c1-19(2)31-24-14-20(3)8-9-23(24)17-28-25(26-4)27-16-21-6-5-7-22(15-21)18-29-10-12-30-13-11-29/h5-9,14-15,19H,10-13,16-18H2,1-4H3,(H2,26,27,28). The zero-order valence-electron chi connectivity index (χ0n) is 19.3. The van der Waals surface area contributed by atoms with Crippen molar-refractivity contribution in [3.05, 3.63) is 64.7 Å². The van der Waals surface area contributed by atoms with E-state index in [4.69, 9.17) is 9.47 Å². The molecule has 1 aliphatic heterocycles. The molecule has 0 aliphatic carbocycles. The number of aliphatic imine (C=N–C) groups is 1. The van der Waals surface area contributed by atoms with Gasteiger partial charge in [0.1, 0.15) is 5.75 Å². The Labute approximate surface area is 186 Å². The summed E-state index contributed by atoms with van der Waals surface area (Å²) >= 11 is 0. The van der Waals surface area contributed by atoms with Crippen molar-refractivity contribution < 1.29 is 9.47 Å². The molecule has 0 unspecified atom stereocenters. The number of morpholine rings is 1. The summed E-state index contributed by atoms with van der Waals surface area (Å²) in [5.41, 5.74) is 4.89. The molecule has 1 heterocycles. The minimum absolute atomic E-state index is 0.141. The van der Waals surface area contributed by atoms with Crippen LogP contribution in [0.1, 0.15) is 36.1 Å². The van der Waals surface area contributed by atoms with Gasteiger partial charge in [0.25, 0.3) is 0 Å². The van der Waals surface area contributed by atoms with Gasteiger partial charge in [-0.1, -0.05) is 36.4 Å². The van der Waals surface area contributed by atoms with E-state index in [2.05, 4.69) is 69.9 Å². The number of ether oxygens (including phenoxy) is 2. The second-order valence-corrected chi connectivity index (χ2v) is 8.27. The molecule has 1 saturated heterocycles. The van der Waals surface area contributed by atoms with Gasteiger partial charge in [-0.3, -0.25) is 9.89 Å². The maximum atomic E-state index is 5.98. The lowest BCUT2D eigenvalue weighted by molar-refractivity contribution is 0.0342. The average Bonchev–Trinajstić information content (AvgIpc) is 2.75. The predicted octanol–water partition coefficient (Wildman–Crippen LogP) is 3.48. The van der Waals surface area contributed by atoms with E-state index < -0.39 is 0 Å². The molecule has 2 aromatic rings. The van der Waals surface area contributed by atoms with E-state index in [1.165, 1.54) is 16.7 Å². The van der Waals surface area contributed by atoms with Crippen molar-refractivity contribution in [2.75, 3.05) is 33.4 Å². The van der Waals surface area contributed by atoms with Crippen LogP contribution in [0, 0.1) is 6.92 Å². The number of rotatable bonds is 8. The normalized spacial score (nSPS) is 15.2. The highest BCUT2D eigenvalue weighted by Gasteiger charge is 2.11. The number of aryl methyl sites for hydroxylation is 1. The third-order valence-electron chi connectivity index (χ3n) is 5.22. The molecule has 2 aromatic carbocycles. The molecule has 168 valence electrons. The van der Waals surface area contributed by atoms with Gasteiger partial charge in [-0.05, 0) is 43.5 Å². The van der Waals surface area contributed by atoms with Gasteiger partial charge in [-0.15, -0.1) is 0 Å². The second kappa shape index (κ2) is 11.7. The van der Waals surface area contributed by atoms with Crippen molar-refractivity contribution in [3.63, 3.8) is 0 Å². The van der Waals surface area contributed by atoms with Crippen LogP contribution in [0.2, 0.25) is 0 Å². The molecule has 0 radical (unpaired) electrons. The third kappa shape index (κ3) is 7.56. The summed E-state index contributed by atoms with van der Waals surface area (Å²) in [5.74, 6) is 1.70. The summed E-state index contributed by atoms with van der Waals surface area (Å²) in [6.45, 7) is 12.2. The van der Waals surface area contributed by atoms with Crippen LogP contribution in [-0.2, 0) is 24.4 Å². The monoisotopic (exact) mass is 424 g/mol. The van der Waals surface area contributed by atoms with Crippen molar-refractivity contribution in [1.29, 1.82) is 0 Å². The van der Waals surface area contributed by atoms with Crippen LogP contribution >= 0.6 is 0 Å². The summed E-state index contributed by atoms with van der Waals surface area (Å²) < 4.78 is 11.4. The Bertz CT molecular complexity index is 860. The molecular weight excluding hydrogens is 388 g/mol. The second-order valence-electron chi connectivity index (χ2n) is 8.27. The number of hydrogen-bond donors (Lipinski definition) is 2. The van der Waals surface area contributed by atoms with Crippen molar-refractivity contribution in [3.8, 4) is 5.75 Å². The van der Waals surface area contributed by atoms with Gasteiger partial charge in [0.15, 0.2) is 5.96 Å². The van der Waals surface area contributed by atoms with E-state index >= 15 is 0 Å². The lowest BCUT2D eigenvalue weighted by atomic mass is 10.1. The maximum absolute atomic E-state index is 5.98. The minimum Gasteiger partial charge on any atom is -0.491 e. The Morgan fingerprint density at radius 1 is 1.06 bits per heavy atom. The molecular formula is C25H36N4O2. The molecule has 3 rings (SSSR count). The van der Waals surface area contributed by atoms with E-state index in [-0.39, 0.29) is 6.10 Å². The van der Waals surface area contributed by atoms with E-state index in [1.54, 1.807) is 7.05 Å². The zero-order chi connectivity index (χ0) is 22.1. The maximum Gasteiger partial charge on any atom is 0.191 e. The SMILES string of the molecule is CN=C(NCc1cccc(CN2CCOCC2)c1)NCc1ccc(C)cc1OC(C)C. The fourth-order valence-corrected chi connectivity index (χ4v) is 3.61. The molecule has 6 heteroatoms. The Hall–Kier alpha value is -2.57. The zero-order valence-corrected chi connectivity index (χ0v) is 19.3. The molecule has 2 N–H and O–H groups in total. The van der Waals surface area contributed by atoms with E-state index in [9.17, 15) is 0 Å². The lowest BCUT2D eigenvalue weighted by Gasteiger charge is -2.26. The van der Waals surface area contributed by atoms with Gasteiger partial charge < -0.3 is 20.1 Å². The summed E-state index contributed by atoms with van der Waals surface area (Å²) in [6.07, 6.45) is 0.141.